The second kappa shape index (κ2) is 7.99. The lowest BCUT2D eigenvalue weighted by Gasteiger charge is -2.26. The van der Waals surface area contributed by atoms with Gasteiger partial charge in [-0.1, -0.05) is 82.3 Å². The molecule has 0 heteroatoms. The first-order valence-corrected chi connectivity index (χ1v) is 9.79. The quantitative estimate of drug-likeness (QED) is 0.493. The van der Waals surface area contributed by atoms with Crippen molar-refractivity contribution >= 4 is 10.8 Å². The van der Waals surface area contributed by atoms with E-state index in [1.165, 1.54) is 74.1 Å². The smallest absolute Gasteiger partial charge is 0.0162 e. The summed E-state index contributed by atoms with van der Waals surface area (Å²) in [6.45, 7) is 4.68. The molecule has 0 nitrogen and oxygen atoms in total. The van der Waals surface area contributed by atoms with Crippen LogP contribution in [0.2, 0.25) is 0 Å². The van der Waals surface area contributed by atoms with Crippen LogP contribution in [-0.2, 0) is 6.42 Å². The number of benzene rings is 2. The summed E-state index contributed by atoms with van der Waals surface area (Å²) in [5.74, 6) is 1.73. The fourth-order valence-electron chi connectivity index (χ4n) is 4.07. The summed E-state index contributed by atoms with van der Waals surface area (Å²) in [6.07, 6.45) is 12.2. The van der Waals surface area contributed by atoms with Crippen molar-refractivity contribution in [1.29, 1.82) is 0 Å². The Morgan fingerprint density at radius 1 is 0.826 bits per heavy atom. The van der Waals surface area contributed by atoms with Crippen molar-refractivity contribution < 1.29 is 0 Å². The maximum absolute atomic E-state index is 2.46. The summed E-state index contributed by atoms with van der Waals surface area (Å²) in [4.78, 5) is 0. The molecular formula is C23H32. The number of unbranched alkanes of at least 4 members (excludes halogenated alkanes) is 3. The predicted molar refractivity (Wildman–Crippen MR) is 102 cm³/mol. The summed E-state index contributed by atoms with van der Waals surface area (Å²) < 4.78 is 0. The zero-order valence-electron chi connectivity index (χ0n) is 15.0. The molecule has 1 fully saturated rings. The van der Waals surface area contributed by atoms with Gasteiger partial charge in [0, 0.05) is 0 Å². The van der Waals surface area contributed by atoms with Gasteiger partial charge in [0.15, 0.2) is 0 Å². The minimum atomic E-state index is 0.796. The highest BCUT2D eigenvalue weighted by atomic mass is 14.2. The summed E-state index contributed by atoms with van der Waals surface area (Å²) in [5, 5.41) is 2.85. The Kier molecular flexibility index (Phi) is 5.75. The molecule has 0 spiro atoms. The molecule has 0 aliphatic heterocycles. The van der Waals surface area contributed by atoms with Crippen LogP contribution in [0.15, 0.2) is 36.4 Å². The van der Waals surface area contributed by atoms with E-state index in [0.717, 1.165) is 11.8 Å². The molecule has 23 heavy (non-hydrogen) atoms. The van der Waals surface area contributed by atoms with Crippen molar-refractivity contribution in [3.8, 4) is 0 Å². The van der Waals surface area contributed by atoms with E-state index in [2.05, 4.69) is 50.2 Å². The van der Waals surface area contributed by atoms with Gasteiger partial charge in [-0.15, -0.1) is 0 Å². The largest absolute Gasteiger partial charge is 0.0654 e. The average molecular weight is 309 g/mol. The van der Waals surface area contributed by atoms with E-state index in [4.69, 9.17) is 0 Å². The van der Waals surface area contributed by atoms with Crippen molar-refractivity contribution in [2.45, 2.75) is 77.6 Å². The molecule has 0 radical (unpaired) electrons. The van der Waals surface area contributed by atoms with Gasteiger partial charge in [-0.25, -0.2) is 0 Å². The number of hydrogen-bond donors (Lipinski definition) is 0. The normalized spacial score (nSPS) is 21.7. The zero-order chi connectivity index (χ0) is 16.1. The van der Waals surface area contributed by atoms with Gasteiger partial charge in [-0.2, -0.15) is 0 Å². The molecular weight excluding hydrogens is 276 g/mol. The van der Waals surface area contributed by atoms with Gasteiger partial charge in [0.05, 0.1) is 0 Å². The Hall–Kier alpha value is -1.30. The molecule has 0 amide bonds. The molecule has 0 unspecified atom stereocenters. The standard InChI is InChI=1S/C23H32/c1-3-4-5-6-7-19-10-13-23-17-22(15-14-21(23)16-19)20-11-8-18(2)9-12-20/h10,13-18,20H,3-9,11-12H2,1-2H3. The van der Waals surface area contributed by atoms with Gasteiger partial charge in [-0.3, -0.25) is 0 Å². The van der Waals surface area contributed by atoms with Crippen molar-refractivity contribution in [3.05, 3.63) is 47.5 Å². The lowest BCUT2D eigenvalue weighted by atomic mass is 9.79. The molecule has 124 valence electrons. The maximum atomic E-state index is 2.46. The Bertz CT molecular complexity index is 617. The molecule has 1 saturated carbocycles. The molecule has 0 aromatic heterocycles. The van der Waals surface area contributed by atoms with Crippen LogP contribution in [-0.4, -0.2) is 0 Å². The Morgan fingerprint density at radius 3 is 2.35 bits per heavy atom. The van der Waals surface area contributed by atoms with Crippen LogP contribution in [0.5, 0.6) is 0 Å². The third-order valence-corrected chi connectivity index (χ3v) is 5.73. The third kappa shape index (κ3) is 4.37. The molecule has 3 rings (SSSR count). The van der Waals surface area contributed by atoms with Crippen LogP contribution in [0, 0.1) is 5.92 Å². The first-order chi connectivity index (χ1) is 11.3. The third-order valence-electron chi connectivity index (χ3n) is 5.73. The van der Waals surface area contributed by atoms with E-state index >= 15 is 0 Å². The summed E-state index contributed by atoms with van der Waals surface area (Å²) in [5.41, 5.74) is 3.08. The molecule has 0 atom stereocenters. The number of hydrogen-bond acceptors (Lipinski definition) is 0. The summed E-state index contributed by atoms with van der Waals surface area (Å²) >= 11 is 0. The van der Waals surface area contributed by atoms with Gasteiger partial charge in [0.2, 0.25) is 0 Å². The predicted octanol–water partition coefficient (Wildman–Crippen LogP) is 7.26. The van der Waals surface area contributed by atoms with Gasteiger partial charge in [0.25, 0.3) is 0 Å². The van der Waals surface area contributed by atoms with Gasteiger partial charge in [-0.05, 0) is 59.4 Å². The van der Waals surface area contributed by atoms with Crippen molar-refractivity contribution in [2.24, 2.45) is 5.92 Å². The fraction of sp³-hybridized carbons (Fsp3) is 0.565. The Morgan fingerprint density at radius 2 is 1.57 bits per heavy atom. The van der Waals surface area contributed by atoms with Crippen LogP contribution < -0.4 is 0 Å². The first-order valence-electron chi connectivity index (χ1n) is 9.79. The van der Waals surface area contributed by atoms with Crippen LogP contribution >= 0.6 is 0 Å². The highest BCUT2D eigenvalue weighted by Crippen LogP contribution is 2.36. The summed E-state index contributed by atoms with van der Waals surface area (Å²) in [6, 6.07) is 14.3. The van der Waals surface area contributed by atoms with Crippen LogP contribution in [0.25, 0.3) is 10.8 Å². The van der Waals surface area contributed by atoms with Crippen LogP contribution in [0.1, 0.15) is 82.3 Å². The number of fused-ring (bicyclic) bond motifs is 1. The fourth-order valence-corrected chi connectivity index (χ4v) is 4.07. The van der Waals surface area contributed by atoms with Crippen LogP contribution in [0.4, 0.5) is 0 Å². The SMILES string of the molecule is CCCCCCc1ccc2cc(C3CCC(C)CC3)ccc2c1. The maximum Gasteiger partial charge on any atom is -0.0162 e. The van der Waals surface area contributed by atoms with E-state index < -0.39 is 0 Å². The van der Waals surface area contributed by atoms with Crippen molar-refractivity contribution in [2.75, 3.05) is 0 Å². The lowest BCUT2D eigenvalue weighted by molar-refractivity contribution is 0.348. The van der Waals surface area contributed by atoms with Crippen molar-refractivity contribution in [1.82, 2.24) is 0 Å². The van der Waals surface area contributed by atoms with Gasteiger partial charge >= 0.3 is 0 Å². The molecule has 2 aromatic rings. The second-order valence-electron chi connectivity index (χ2n) is 7.71. The van der Waals surface area contributed by atoms with E-state index in [-0.39, 0.29) is 0 Å². The van der Waals surface area contributed by atoms with Crippen LogP contribution in [0.3, 0.4) is 0 Å². The molecule has 2 aromatic carbocycles. The average Bonchev–Trinajstić information content (AvgIpc) is 2.59. The van der Waals surface area contributed by atoms with E-state index in [9.17, 15) is 0 Å². The second-order valence-corrected chi connectivity index (χ2v) is 7.71. The molecule has 1 aliphatic rings. The molecule has 0 heterocycles. The van der Waals surface area contributed by atoms with E-state index in [0.29, 0.717) is 0 Å². The summed E-state index contributed by atoms with van der Waals surface area (Å²) in [7, 11) is 0. The Labute approximate surface area is 142 Å². The van der Waals surface area contributed by atoms with E-state index in [1.54, 1.807) is 5.56 Å². The lowest BCUT2D eigenvalue weighted by Crippen LogP contribution is -2.10. The minimum Gasteiger partial charge on any atom is -0.0654 e. The number of rotatable bonds is 6. The molecule has 0 saturated heterocycles. The zero-order valence-corrected chi connectivity index (χ0v) is 15.0. The molecule has 0 bridgehead atoms. The first kappa shape index (κ1) is 16.6. The molecule has 0 N–H and O–H groups in total. The van der Waals surface area contributed by atoms with Gasteiger partial charge in [0.1, 0.15) is 0 Å². The highest BCUT2D eigenvalue weighted by molar-refractivity contribution is 5.84. The molecule has 1 aliphatic carbocycles. The monoisotopic (exact) mass is 308 g/mol. The van der Waals surface area contributed by atoms with Crippen molar-refractivity contribution in [3.63, 3.8) is 0 Å². The number of aryl methyl sites for hydroxylation is 1. The van der Waals surface area contributed by atoms with Gasteiger partial charge < -0.3 is 0 Å². The minimum absolute atomic E-state index is 0.796. The van der Waals surface area contributed by atoms with E-state index in [1.807, 2.05) is 0 Å². The topological polar surface area (TPSA) is 0 Å². The highest BCUT2D eigenvalue weighted by Gasteiger charge is 2.19. The Balaban J connectivity index is 1.68.